The maximum atomic E-state index is 11.9. The molecular formula is C13H15N3OS. The molecule has 0 atom stereocenters. The minimum atomic E-state index is -0.161. The van der Waals surface area contributed by atoms with Crippen molar-refractivity contribution in [2.75, 3.05) is 24.3 Å². The molecule has 1 heterocycles. The van der Waals surface area contributed by atoms with E-state index in [9.17, 15) is 4.79 Å². The summed E-state index contributed by atoms with van der Waals surface area (Å²) >= 11 is 1.35. The molecule has 18 heavy (non-hydrogen) atoms. The zero-order valence-corrected chi connectivity index (χ0v) is 11.4. The van der Waals surface area contributed by atoms with E-state index in [-0.39, 0.29) is 5.91 Å². The van der Waals surface area contributed by atoms with Gasteiger partial charge in [-0.25, -0.2) is 4.98 Å². The molecule has 1 aromatic carbocycles. The van der Waals surface area contributed by atoms with Gasteiger partial charge in [-0.3, -0.25) is 4.79 Å². The van der Waals surface area contributed by atoms with Gasteiger partial charge >= 0.3 is 0 Å². The molecule has 4 nitrogen and oxygen atoms in total. The fourth-order valence-corrected chi connectivity index (χ4v) is 2.18. The summed E-state index contributed by atoms with van der Waals surface area (Å²) in [7, 11) is 3.96. The SMILES string of the molecule is Cc1csc(C(=O)Nc2ccc(N(C)C)cc2)n1. The Morgan fingerprint density at radius 2 is 1.94 bits per heavy atom. The first kappa shape index (κ1) is 12.6. The highest BCUT2D eigenvalue weighted by atomic mass is 32.1. The molecule has 2 aromatic rings. The molecule has 0 radical (unpaired) electrons. The van der Waals surface area contributed by atoms with Crippen molar-refractivity contribution >= 4 is 28.6 Å². The predicted molar refractivity (Wildman–Crippen MR) is 75.6 cm³/mol. The Labute approximate surface area is 110 Å². The Balaban J connectivity index is 2.07. The second kappa shape index (κ2) is 5.18. The first-order chi connectivity index (χ1) is 8.56. The monoisotopic (exact) mass is 261 g/mol. The largest absolute Gasteiger partial charge is 0.378 e. The van der Waals surface area contributed by atoms with Crippen molar-refractivity contribution in [1.29, 1.82) is 0 Å². The summed E-state index contributed by atoms with van der Waals surface area (Å²) in [5.74, 6) is -0.161. The number of aryl methyl sites for hydroxylation is 1. The van der Waals surface area contributed by atoms with Crippen LogP contribution in [0, 0.1) is 6.92 Å². The van der Waals surface area contributed by atoms with Gasteiger partial charge in [-0.15, -0.1) is 11.3 Å². The van der Waals surface area contributed by atoms with Crippen molar-refractivity contribution in [2.24, 2.45) is 0 Å². The quantitative estimate of drug-likeness (QED) is 0.924. The molecular weight excluding hydrogens is 246 g/mol. The van der Waals surface area contributed by atoms with E-state index in [1.54, 1.807) is 0 Å². The Morgan fingerprint density at radius 1 is 1.28 bits per heavy atom. The molecule has 0 fully saturated rings. The van der Waals surface area contributed by atoms with Crippen molar-refractivity contribution in [3.05, 3.63) is 40.3 Å². The summed E-state index contributed by atoms with van der Waals surface area (Å²) in [4.78, 5) is 18.0. The van der Waals surface area contributed by atoms with Gasteiger partial charge in [0.05, 0.1) is 0 Å². The lowest BCUT2D eigenvalue weighted by Gasteiger charge is -2.12. The minimum absolute atomic E-state index is 0.161. The summed E-state index contributed by atoms with van der Waals surface area (Å²) in [6.07, 6.45) is 0. The zero-order valence-electron chi connectivity index (χ0n) is 10.6. The minimum Gasteiger partial charge on any atom is -0.378 e. The number of amides is 1. The Kier molecular flexibility index (Phi) is 3.62. The maximum Gasteiger partial charge on any atom is 0.284 e. The summed E-state index contributed by atoms with van der Waals surface area (Å²) < 4.78 is 0. The third-order valence-corrected chi connectivity index (χ3v) is 3.41. The van der Waals surface area contributed by atoms with Crippen molar-refractivity contribution in [3.8, 4) is 0 Å². The second-order valence-corrected chi connectivity index (χ2v) is 5.05. The topological polar surface area (TPSA) is 45.2 Å². The highest BCUT2D eigenvalue weighted by Crippen LogP contribution is 2.17. The average molecular weight is 261 g/mol. The highest BCUT2D eigenvalue weighted by Gasteiger charge is 2.09. The Hall–Kier alpha value is -1.88. The zero-order chi connectivity index (χ0) is 13.1. The van der Waals surface area contributed by atoms with Crippen LogP contribution in [0.25, 0.3) is 0 Å². The third kappa shape index (κ3) is 2.87. The number of hydrogen-bond donors (Lipinski definition) is 1. The van der Waals surface area contributed by atoms with Crippen LogP contribution in [0.15, 0.2) is 29.6 Å². The number of thiazole rings is 1. The number of aromatic nitrogens is 1. The van der Waals surface area contributed by atoms with Crippen molar-refractivity contribution in [2.45, 2.75) is 6.92 Å². The fraction of sp³-hybridized carbons (Fsp3) is 0.231. The van der Waals surface area contributed by atoms with Crippen molar-refractivity contribution in [1.82, 2.24) is 4.98 Å². The second-order valence-electron chi connectivity index (χ2n) is 4.19. The lowest BCUT2D eigenvalue weighted by atomic mass is 10.2. The molecule has 1 N–H and O–H groups in total. The van der Waals surface area contributed by atoms with Gasteiger partial charge in [0, 0.05) is 36.5 Å². The number of benzene rings is 1. The van der Waals surface area contributed by atoms with Gasteiger partial charge in [0.1, 0.15) is 0 Å². The van der Waals surface area contributed by atoms with Crippen LogP contribution in [0.4, 0.5) is 11.4 Å². The van der Waals surface area contributed by atoms with E-state index in [2.05, 4.69) is 10.3 Å². The molecule has 0 aliphatic carbocycles. The number of anilines is 2. The van der Waals surface area contributed by atoms with Crippen molar-refractivity contribution < 1.29 is 4.79 Å². The van der Waals surface area contributed by atoms with Gasteiger partial charge in [0.15, 0.2) is 5.01 Å². The molecule has 0 unspecified atom stereocenters. The van der Waals surface area contributed by atoms with E-state index in [1.165, 1.54) is 11.3 Å². The van der Waals surface area contributed by atoms with Crippen LogP contribution in [0.5, 0.6) is 0 Å². The van der Waals surface area contributed by atoms with E-state index < -0.39 is 0 Å². The van der Waals surface area contributed by atoms with Crippen LogP contribution in [0.2, 0.25) is 0 Å². The molecule has 0 bridgehead atoms. The van der Waals surface area contributed by atoms with Crippen LogP contribution in [0.1, 0.15) is 15.5 Å². The number of nitrogens with zero attached hydrogens (tertiary/aromatic N) is 2. The van der Waals surface area contributed by atoms with E-state index in [4.69, 9.17) is 0 Å². The Bertz CT molecular complexity index is 546. The van der Waals surface area contributed by atoms with E-state index in [1.807, 2.05) is 55.6 Å². The predicted octanol–water partition coefficient (Wildman–Crippen LogP) is 2.77. The highest BCUT2D eigenvalue weighted by molar-refractivity contribution is 7.11. The summed E-state index contributed by atoms with van der Waals surface area (Å²) in [5, 5.41) is 5.18. The molecule has 5 heteroatoms. The number of nitrogens with one attached hydrogen (secondary N) is 1. The van der Waals surface area contributed by atoms with Crippen LogP contribution in [0.3, 0.4) is 0 Å². The molecule has 2 rings (SSSR count). The first-order valence-corrected chi connectivity index (χ1v) is 6.45. The standard InChI is InChI=1S/C13H15N3OS/c1-9-8-18-13(14-9)12(17)15-10-4-6-11(7-5-10)16(2)3/h4-8H,1-3H3,(H,15,17). The van der Waals surface area contributed by atoms with Gasteiger partial charge < -0.3 is 10.2 Å². The average Bonchev–Trinajstić information content (AvgIpc) is 2.76. The van der Waals surface area contributed by atoms with Gasteiger partial charge in [0.25, 0.3) is 5.91 Å². The molecule has 0 aliphatic heterocycles. The molecule has 94 valence electrons. The summed E-state index contributed by atoms with van der Waals surface area (Å²) in [5.41, 5.74) is 2.74. The van der Waals surface area contributed by atoms with Crippen LogP contribution >= 0.6 is 11.3 Å². The van der Waals surface area contributed by atoms with Gasteiger partial charge in [-0.05, 0) is 31.2 Å². The molecule has 1 amide bonds. The number of rotatable bonds is 3. The van der Waals surface area contributed by atoms with E-state index >= 15 is 0 Å². The Morgan fingerprint density at radius 3 is 2.44 bits per heavy atom. The molecule has 0 saturated carbocycles. The number of hydrogen-bond acceptors (Lipinski definition) is 4. The first-order valence-electron chi connectivity index (χ1n) is 5.57. The normalized spacial score (nSPS) is 10.2. The smallest absolute Gasteiger partial charge is 0.284 e. The molecule has 0 saturated heterocycles. The fourth-order valence-electron chi connectivity index (χ4n) is 1.49. The lowest BCUT2D eigenvalue weighted by Crippen LogP contribution is -2.12. The van der Waals surface area contributed by atoms with Gasteiger partial charge in [-0.2, -0.15) is 0 Å². The van der Waals surface area contributed by atoms with E-state index in [0.29, 0.717) is 5.01 Å². The number of carbonyl (C=O) groups excluding carboxylic acids is 1. The van der Waals surface area contributed by atoms with Crippen LogP contribution in [-0.2, 0) is 0 Å². The van der Waals surface area contributed by atoms with E-state index in [0.717, 1.165) is 17.1 Å². The summed E-state index contributed by atoms with van der Waals surface area (Å²) in [6.45, 7) is 1.87. The van der Waals surface area contributed by atoms with Gasteiger partial charge in [0.2, 0.25) is 0 Å². The van der Waals surface area contributed by atoms with Gasteiger partial charge in [-0.1, -0.05) is 0 Å². The molecule has 0 aliphatic rings. The summed E-state index contributed by atoms with van der Waals surface area (Å²) in [6, 6.07) is 7.69. The lowest BCUT2D eigenvalue weighted by molar-refractivity contribution is 0.102. The van der Waals surface area contributed by atoms with Crippen LogP contribution in [-0.4, -0.2) is 25.0 Å². The number of carbonyl (C=O) groups is 1. The van der Waals surface area contributed by atoms with Crippen LogP contribution < -0.4 is 10.2 Å². The van der Waals surface area contributed by atoms with Crippen molar-refractivity contribution in [3.63, 3.8) is 0 Å². The molecule has 0 spiro atoms. The maximum absolute atomic E-state index is 11.9. The third-order valence-electron chi connectivity index (χ3n) is 2.45. The molecule has 1 aromatic heterocycles.